The molecule has 0 bridgehead atoms. The fraction of sp³-hybridized carbons (Fsp3) is 0.0667. The Morgan fingerprint density at radius 2 is 2.14 bits per heavy atom. The Bertz CT molecular complexity index is 735. The van der Waals surface area contributed by atoms with Crippen LogP contribution in [-0.2, 0) is 0 Å². The molecule has 0 aliphatic carbocycles. The Labute approximate surface area is 140 Å². The third-order valence-corrected chi connectivity index (χ3v) is 3.72. The number of phenols is 1. The second-order valence-electron chi connectivity index (χ2n) is 4.23. The zero-order valence-electron chi connectivity index (χ0n) is 11.5. The minimum atomic E-state index is -0.441. The summed E-state index contributed by atoms with van der Waals surface area (Å²) in [5.41, 5.74) is 3.06. The summed E-state index contributed by atoms with van der Waals surface area (Å²) in [6.07, 6.45) is 1.32. The van der Waals surface area contributed by atoms with Gasteiger partial charge in [0.05, 0.1) is 28.4 Å². The van der Waals surface area contributed by atoms with Crippen molar-refractivity contribution in [2.45, 2.75) is 0 Å². The molecule has 2 N–H and O–H groups in total. The number of hydrogen-bond acceptors (Lipinski definition) is 4. The summed E-state index contributed by atoms with van der Waals surface area (Å²) in [6, 6.07) is 9.85. The fourth-order valence-corrected chi connectivity index (χ4v) is 2.35. The van der Waals surface area contributed by atoms with Gasteiger partial charge in [-0.1, -0.05) is 23.7 Å². The Hall–Kier alpha value is -2.05. The van der Waals surface area contributed by atoms with Gasteiger partial charge in [-0.2, -0.15) is 5.10 Å². The van der Waals surface area contributed by atoms with Crippen molar-refractivity contribution in [3.05, 3.63) is 57.0 Å². The van der Waals surface area contributed by atoms with E-state index in [9.17, 15) is 9.90 Å². The molecule has 0 aromatic heterocycles. The summed E-state index contributed by atoms with van der Waals surface area (Å²) >= 11 is 9.13. The lowest BCUT2D eigenvalue weighted by atomic mass is 10.2. The van der Waals surface area contributed by atoms with Gasteiger partial charge in [0.15, 0.2) is 0 Å². The SMILES string of the molecule is COc1cc(Br)c(O)c(/C=N\NC(=O)c2ccccc2Cl)c1. The van der Waals surface area contributed by atoms with Crippen molar-refractivity contribution in [2.75, 3.05) is 7.11 Å². The predicted molar refractivity (Wildman–Crippen MR) is 88.9 cm³/mol. The molecule has 1 amide bonds. The highest BCUT2D eigenvalue weighted by molar-refractivity contribution is 9.10. The smallest absolute Gasteiger partial charge is 0.272 e. The van der Waals surface area contributed by atoms with E-state index in [-0.39, 0.29) is 5.75 Å². The van der Waals surface area contributed by atoms with Crippen LogP contribution in [0.1, 0.15) is 15.9 Å². The van der Waals surface area contributed by atoms with Crippen LogP contribution >= 0.6 is 27.5 Å². The highest BCUT2D eigenvalue weighted by Gasteiger charge is 2.09. The number of benzene rings is 2. The maximum absolute atomic E-state index is 11.9. The minimum Gasteiger partial charge on any atom is -0.506 e. The zero-order valence-corrected chi connectivity index (χ0v) is 13.9. The normalized spacial score (nSPS) is 10.7. The maximum atomic E-state index is 11.9. The summed E-state index contributed by atoms with van der Waals surface area (Å²) in [7, 11) is 1.51. The van der Waals surface area contributed by atoms with Crippen LogP contribution in [0.2, 0.25) is 5.02 Å². The Kier molecular flexibility index (Phi) is 5.41. The van der Waals surface area contributed by atoms with Gasteiger partial charge in [0.1, 0.15) is 11.5 Å². The summed E-state index contributed by atoms with van der Waals surface area (Å²) < 4.78 is 5.56. The highest BCUT2D eigenvalue weighted by Crippen LogP contribution is 2.31. The van der Waals surface area contributed by atoms with Gasteiger partial charge in [0, 0.05) is 5.56 Å². The number of methoxy groups -OCH3 is 1. The second-order valence-corrected chi connectivity index (χ2v) is 5.49. The standard InChI is InChI=1S/C15H12BrClN2O3/c1-22-10-6-9(14(20)12(16)7-10)8-18-19-15(21)11-4-2-3-5-13(11)17/h2-8,20H,1H3,(H,19,21)/b18-8-. The summed E-state index contributed by atoms with van der Waals surface area (Å²) in [6.45, 7) is 0. The molecule has 2 aromatic rings. The predicted octanol–water partition coefficient (Wildman–Crippen LogP) is 3.58. The number of carbonyl (C=O) groups is 1. The van der Waals surface area contributed by atoms with E-state index in [1.54, 1.807) is 36.4 Å². The number of hydrazone groups is 1. The van der Waals surface area contributed by atoms with E-state index in [0.29, 0.717) is 26.4 Å². The first kappa shape index (κ1) is 16.3. The van der Waals surface area contributed by atoms with Crippen LogP contribution in [0.3, 0.4) is 0 Å². The van der Waals surface area contributed by atoms with Gasteiger partial charge in [-0.25, -0.2) is 5.43 Å². The molecule has 2 rings (SSSR count). The third kappa shape index (κ3) is 3.78. The van der Waals surface area contributed by atoms with E-state index in [2.05, 4.69) is 26.5 Å². The van der Waals surface area contributed by atoms with Crippen LogP contribution in [0.5, 0.6) is 11.5 Å². The highest BCUT2D eigenvalue weighted by atomic mass is 79.9. The molecule has 0 heterocycles. The summed E-state index contributed by atoms with van der Waals surface area (Å²) in [5, 5.41) is 14.1. The van der Waals surface area contributed by atoms with Gasteiger partial charge in [0.25, 0.3) is 5.91 Å². The van der Waals surface area contributed by atoms with E-state index >= 15 is 0 Å². The summed E-state index contributed by atoms with van der Waals surface area (Å²) in [5.74, 6) is 0.100. The van der Waals surface area contributed by atoms with E-state index < -0.39 is 5.91 Å². The van der Waals surface area contributed by atoms with Crippen molar-refractivity contribution < 1.29 is 14.6 Å². The van der Waals surface area contributed by atoms with Gasteiger partial charge in [-0.15, -0.1) is 0 Å². The first-order valence-electron chi connectivity index (χ1n) is 6.17. The summed E-state index contributed by atoms with van der Waals surface area (Å²) in [4.78, 5) is 11.9. The van der Waals surface area contributed by atoms with Crippen molar-refractivity contribution >= 4 is 39.7 Å². The van der Waals surface area contributed by atoms with Crippen LogP contribution < -0.4 is 10.2 Å². The molecule has 0 fully saturated rings. The average molecular weight is 384 g/mol. The Morgan fingerprint density at radius 3 is 2.82 bits per heavy atom. The topological polar surface area (TPSA) is 70.9 Å². The van der Waals surface area contributed by atoms with Crippen molar-refractivity contribution in [3.8, 4) is 11.5 Å². The lowest BCUT2D eigenvalue weighted by Crippen LogP contribution is -2.17. The molecule has 0 aliphatic heterocycles. The van der Waals surface area contributed by atoms with Crippen LogP contribution in [0.25, 0.3) is 0 Å². The van der Waals surface area contributed by atoms with E-state index in [1.807, 2.05) is 0 Å². The fourth-order valence-electron chi connectivity index (χ4n) is 1.68. The number of aromatic hydroxyl groups is 1. The second kappa shape index (κ2) is 7.29. The van der Waals surface area contributed by atoms with E-state index in [1.165, 1.54) is 13.3 Å². The van der Waals surface area contributed by atoms with Crippen LogP contribution in [-0.4, -0.2) is 24.3 Å². The van der Waals surface area contributed by atoms with Gasteiger partial charge >= 0.3 is 0 Å². The molecule has 2 aromatic carbocycles. The Morgan fingerprint density at radius 1 is 1.41 bits per heavy atom. The number of nitrogens with one attached hydrogen (secondary N) is 1. The van der Waals surface area contributed by atoms with Gasteiger partial charge in [-0.3, -0.25) is 4.79 Å². The Balaban J connectivity index is 2.15. The molecular weight excluding hydrogens is 372 g/mol. The molecule has 114 valence electrons. The number of hydrogen-bond donors (Lipinski definition) is 2. The van der Waals surface area contributed by atoms with Crippen LogP contribution in [0.15, 0.2) is 46.0 Å². The maximum Gasteiger partial charge on any atom is 0.272 e. The molecule has 0 saturated heterocycles. The number of halogens is 2. The van der Waals surface area contributed by atoms with Gasteiger partial charge < -0.3 is 9.84 Å². The molecule has 22 heavy (non-hydrogen) atoms. The monoisotopic (exact) mass is 382 g/mol. The molecule has 0 aliphatic rings. The lowest BCUT2D eigenvalue weighted by Gasteiger charge is -2.06. The number of carbonyl (C=O) groups excluding carboxylic acids is 1. The van der Waals surface area contributed by atoms with Gasteiger partial charge in [0.2, 0.25) is 0 Å². The number of ether oxygens (including phenoxy) is 1. The molecule has 0 unspecified atom stereocenters. The van der Waals surface area contributed by atoms with Crippen molar-refractivity contribution in [3.63, 3.8) is 0 Å². The first-order chi connectivity index (χ1) is 10.5. The number of nitrogens with zero attached hydrogens (tertiary/aromatic N) is 1. The zero-order chi connectivity index (χ0) is 16.1. The number of phenolic OH excluding ortho intramolecular Hbond substituents is 1. The largest absolute Gasteiger partial charge is 0.506 e. The average Bonchev–Trinajstić information content (AvgIpc) is 2.51. The molecule has 5 nitrogen and oxygen atoms in total. The minimum absolute atomic E-state index is 0.00320. The van der Waals surface area contributed by atoms with Crippen LogP contribution in [0.4, 0.5) is 0 Å². The lowest BCUT2D eigenvalue weighted by molar-refractivity contribution is 0.0955. The molecule has 0 spiro atoms. The molecule has 0 radical (unpaired) electrons. The number of amides is 1. The van der Waals surface area contributed by atoms with Crippen molar-refractivity contribution in [2.24, 2.45) is 5.10 Å². The molecule has 7 heteroatoms. The van der Waals surface area contributed by atoms with Crippen LogP contribution in [0, 0.1) is 0 Å². The van der Waals surface area contributed by atoms with Crippen molar-refractivity contribution in [1.29, 1.82) is 0 Å². The molecule has 0 saturated carbocycles. The first-order valence-corrected chi connectivity index (χ1v) is 7.34. The molecule has 0 atom stereocenters. The quantitative estimate of drug-likeness (QED) is 0.626. The van der Waals surface area contributed by atoms with E-state index in [0.717, 1.165) is 0 Å². The van der Waals surface area contributed by atoms with Crippen molar-refractivity contribution in [1.82, 2.24) is 5.43 Å². The number of rotatable bonds is 4. The third-order valence-electron chi connectivity index (χ3n) is 2.79. The van der Waals surface area contributed by atoms with E-state index in [4.69, 9.17) is 16.3 Å². The van der Waals surface area contributed by atoms with Gasteiger partial charge in [-0.05, 0) is 40.2 Å². The molecular formula is C15H12BrClN2O3.